The van der Waals surface area contributed by atoms with Crippen LogP contribution < -0.4 is 5.73 Å². The number of anilines is 1. The Hall–Kier alpha value is -1.52. The average Bonchev–Trinajstić information content (AvgIpc) is 2.72. The number of hydrogen-bond acceptors (Lipinski definition) is 3. The second kappa shape index (κ2) is 5.63. The summed E-state index contributed by atoms with van der Waals surface area (Å²) in [6.45, 7) is 2.64. The van der Waals surface area contributed by atoms with E-state index in [0.717, 1.165) is 0 Å². The molecule has 0 saturated carbocycles. The molecule has 100 valence electrons. The smallest absolute Gasteiger partial charge is 0.254 e. The van der Waals surface area contributed by atoms with Crippen LogP contribution in [-0.4, -0.2) is 17.9 Å². The SMILES string of the molecule is Cc1ccsc1CN(C)C(=O)c1cc(N)cc(Cl)c1. The van der Waals surface area contributed by atoms with Crippen LogP contribution in [0, 0.1) is 6.92 Å². The van der Waals surface area contributed by atoms with Crippen LogP contribution in [0.15, 0.2) is 29.6 Å². The van der Waals surface area contributed by atoms with Gasteiger partial charge in [-0.1, -0.05) is 11.6 Å². The number of thiophene rings is 1. The number of benzene rings is 1. The number of nitrogens with zero attached hydrogens (tertiary/aromatic N) is 1. The molecular formula is C14H15ClN2OS. The highest BCUT2D eigenvalue weighted by atomic mass is 35.5. The van der Waals surface area contributed by atoms with Gasteiger partial charge in [0.15, 0.2) is 0 Å². The van der Waals surface area contributed by atoms with E-state index in [0.29, 0.717) is 22.8 Å². The maximum atomic E-state index is 12.3. The Labute approximate surface area is 121 Å². The molecule has 1 aromatic carbocycles. The third-order valence-corrected chi connectivity index (χ3v) is 4.09. The summed E-state index contributed by atoms with van der Waals surface area (Å²) in [4.78, 5) is 15.2. The Morgan fingerprint density at radius 2 is 2.16 bits per heavy atom. The molecule has 2 rings (SSSR count). The number of nitrogens with two attached hydrogens (primary N) is 1. The fraction of sp³-hybridized carbons (Fsp3) is 0.214. The normalized spacial score (nSPS) is 10.5. The third-order valence-electron chi connectivity index (χ3n) is 2.86. The van der Waals surface area contributed by atoms with E-state index in [1.807, 2.05) is 12.3 Å². The molecule has 0 fully saturated rings. The first-order chi connectivity index (χ1) is 8.97. The van der Waals surface area contributed by atoms with E-state index in [1.54, 1.807) is 41.5 Å². The lowest BCUT2D eigenvalue weighted by atomic mass is 10.1. The van der Waals surface area contributed by atoms with E-state index in [1.165, 1.54) is 10.4 Å². The average molecular weight is 295 g/mol. The summed E-state index contributed by atoms with van der Waals surface area (Å²) in [7, 11) is 1.78. The summed E-state index contributed by atoms with van der Waals surface area (Å²) in [6, 6.07) is 6.96. The lowest BCUT2D eigenvalue weighted by Gasteiger charge is -2.17. The Morgan fingerprint density at radius 1 is 1.42 bits per heavy atom. The van der Waals surface area contributed by atoms with Crippen molar-refractivity contribution in [3.8, 4) is 0 Å². The summed E-state index contributed by atoms with van der Waals surface area (Å²) in [5.41, 5.74) is 7.92. The molecule has 0 unspecified atom stereocenters. The van der Waals surface area contributed by atoms with Gasteiger partial charge in [0.25, 0.3) is 5.91 Å². The van der Waals surface area contributed by atoms with E-state index >= 15 is 0 Å². The number of nitrogen functional groups attached to an aromatic ring is 1. The van der Waals surface area contributed by atoms with E-state index in [9.17, 15) is 4.79 Å². The largest absolute Gasteiger partial charge is 0.399 e. The predicted octanol–water partition coefficient (Wildman–Crippen LogP) is 3.56. The van der Waals surface area contributed by atoms with Crippen LogP contribution in [-0.2, 0) is 6.54 Å². The van der Waals surface area contributed by atoms with E-state index in [-0.39, 0.29) is 5.91 Å². The molecule has 2 N–H and O–H groups in total. The van der Waals surface area contributed by atoms with Crippen molar-refractivity contribution in [1.29, 1.82) is 0 Å². The first-order valence-electron chi connectivity index (χ1n) is 5.82. The highest BCUT2D eigenvalue weighted by Gasteiger charge is 2.14. The second-order valence-electron chi connectivity index (χ2n) is 4.46. The van der Waals surface area contributed by atoms with E-state index in [4.69, 9.17) is 17.3 Å². The van der Waals surface area contributed by atoms with Gasteiger partial charge in [-0.15, -0.1) is 11.3 Å². The number of amides is 1. The van der Waals surface area contributed by atoms with E-state index < -0.39 is 0 Å². The zero-order chi connectivity index (χ0) is 14.0. The molecule has 1 heterocycles. The van der Waals surface area contributed by atoms with Gasteiger partial charge in [-0.3, -0.25) is 4.79 Å². The molecule has 3 nitrogen and oxygen atoms in total. The van der Waals surface area contributed by atoms with Crippen molar-refractivity contribution in [2.75, 3.05) is 12.8 Å². The molecular weight excluding hydrogens is 280 g/mol. The standard InChI is InChI=1S/C14H15ClN2OS/c1-9-3-4-19-13(9)8-17(2)14(18)10-5-11(15)7-12(16)6-10/h3-7H,8,16H2,1-2H3. The number of aryl methyl sites for hydroxylation is 1. The molecule has 0 radical (unpaired) electrons. The molecule has 0 saturated heterocycles. The first-order valence-corrected chi connectivity index (χ1v) is 7.07. The fourth-order valence-electron chi connectivity index (χ4n) is 1.81. The van der Waals surface area contributed by atoms with Gasteiger partial charge in [-0.25, -0.2) is 0 Å². The van der Waals surface area contributed by atoms with Crippen molar-refractivity contribution in [3.05, 3.63) is 50.7 Å². The molecule has 5 heteroatoms. The highest BCUT2D eigenvalue weighted by molar-refractivity contribution is 7.10. The quantitative estimate of drug-likeness (QED) is 0.880. The maximum Gasteiger partial charge on any atom is 0.254 e. The van der Waals surface area contributed by atoms with Gasteiger partial charge in [-0.05, 0) is 42.1 Å². The molecule has 19 heavy (non-hydrogen) atoms. The number of rotatable bonds is 3. The molecule has 2 aromatic rings. The minimum atomic E-state index is -0.0815. The van der Waals surface area contributed by atoms with Gasteiger partial charge < -0.3 is 10.6 Å². The molecule has 0 spiro atoms. The van der Waals surface area contributed by atoms with Crippen LogP contribution >= 0.6 is 22.9 Å². The molecule has 0 bridgehead atoms. The van der Waals surface area contributed by atoms with Gasteiger partial charge >= 0.3 is 0 Å². The second-order valence-corrected chi connectivity index (χ2v) is 5.90. The van der Waals surface area contributed by atoms with Crippen LogP contribution in [0.3, 0.4) is 0 Å². The number of hydrogen-bond donors (Lipinski definition) is 1. The minimum Gasteiger partial charge on any atom is -0.399 e. The molecule has 0 aliphatic rings. The monoisotopic (exact) mass is 294 g/mol. The van der Waals surface area contributed by atoms with Crippen molar-refractivity contribution < 1.29 is 4.79 Å². The predicted molar refractivity (Wildman–Crippen MR) is 80.7 cm³/mol. The lowest BCUT2D eigenvalue weighted by Crippen LogP contribution is -2.26. The zero-order valence-corrected chi connectivity index (χ0v) is 12.4. The zero-order valence-electron chi connectivity index (χ0n) is 10.8. The van der Waals surface area contributed by atoms with Crippen LogP contribution in [0.2, 0.25) is 5.02 Å². The molecule has 1 aromatic heterocycles. The van der Waals surface area contributed by atoms with Crippen LogP contribution in [0.5, 0.6) is 0 Å². The van der Waals surface area contributed by atoms with Crippen molar-refractivity contribution in [2.24, 2.45) is 0 Å². The van der Waals surface area contributed by atoms with E-state index in [2.05, 4.69) is 6.07 Å². The van der Waals surface area contributed by atoms with Crippen molar-refractivity contribution in [2.45, 2.75) is 13.5 Å². The van der Waals surface area contributed by atoms with Crippen LogP contribution in [0.4, 0.5) is 5.69 Å². The lowest BCUT2D eigenvalue weighted by molar-refractivity contribution is 0.0786. The maximum absolute atomic E-state index is 12.3. The summed E-state index contributed by atoms with van der Waals surface area (Å²) in [5, 5.41) is 2.50. The van der Waals surface area contributed by atoms with Crippen LogP contribution in [0.25, 0.3) is 0 Å². The summed E-state index contributed by atoms with van der Waals surface area (Å²) < 4.78 is 0. The van der Waals surface area contributed by atoms with Gasteiger partial charge in [-0.2, -0.15) is 0 Å². The number of carbonyl (C=O) groups excluding carboxylic acids is 1. The minimum absolute atomic E-state index is 0.0815. The topological polar surface area (TPSA) is 46.3 Å². The van der Waals surface area contributed by atoms with Crippen molar-refractivity contribution in [1.82, 2.24) is 4.90 Å². The van der Waals surface area contributed by atoms with Gasteiger partial charge in [0, 0.05) is 28.2 Å². The number of halogens is 1. The van der Waals surface area contributed by atoms with Crippen molar-refractivity contribution >= 4 is 34.5 Å². The Morgan fingerprint density at radius 3 is 2.74 bits per heavy atom. The molecule has 0 aliphatic heterocycles. The molecule has 0 atom stereocenters. The Kier molecular flexibility index (Phi) is 4.12. The fourth-order valence-corrected chi connectivity index (χ4v) is 3.01. The third kappa shape index (κ3) is 3.28. The summed E-state index contributed by atoms with van der Waals surface area (Å²) in [5.74, 6) is -0.0815. The van der Waals surface area contributed by atoms with Gasteiger partial charge in [0.2, 0.25) is 0 Å². The Balaban J connectivity index is 2.17. The molecule has 1 amide bonds. The van der Waals surface area contributed by atoms with Crippen LogP contribution in [0.1, 0.15) is 20.8 Å². The van der Waals surface area contributed by atoms with Gasteiger partial charge in [0.05, 0.1) is 6.54 Å². The Bertz CT molecular complexity index is 589. The highest BCUT2D eigenvalue weighted by Crippen LogP contribution is 2.21. The van der Waals surface area contributed by atoms with Crippen molar-refractivity contribution in [3.63, 3.8) is 0 Å². The van der Waals surface area contributed by atoms with Gasteiger partial charge in [0.1, 0.15) is 0 Å². The summed E-state index contributed by atoms with van der Waals surface area (Å²) >= 11 is 7.57. The first kappa shape index (κ1) is 13.9. The molecule has 0 aliphatic carbocycles. The number of carbonyl (C=O) groups is 1. The summed E-state index contributed by atoms with van der Waals surface area (Å²) in [6.07, 6.45) is 0.